The highest BCUT2D eigenvalue weighted by molar-refractivity contribution is 6.03. The lowest BCUT2D eigenvalue weighted by molar-refractivity contribution is 0.102. The number of hydrogen-bond donors (Lipinski definition) is 2. The number of anilines is 3. The summed E-state index contributed by atoms with van der Waals surface area (Å²) in [6.07, 6.45) is 2.96. The van der Waals surface area contributed by atoms with Gasteiger partial charge in [0.2, 0.25) is 0 Å². The van der Waals surface area contributed by atoms with Crippen LogP contribution in [-0.4, -0.2) is 23.0 Å². The number of aromatic nitrogens is 2. The predicted molar refractivity (Wildman–Crippen MR) is 102 cm³/mol. The number of ether oxygens (including phenoxy) is 1. The Morgan fingerprint density at radius 3 is 2.54 bits per heavy atom. The van der Waals surface area contributed by atoms with Crippen molar-refractivity contribution in [2.45, 2.75) is 13.8 Å². The van der Waals surface area contributed by atoms with Crippen molar-refractivity contribution in [1.29, 1.82) is 0 Å². The van der Waals surface area contributed by atoms with Crippen molar-refractivity contribution in [1.82, 2.24) is 9.97 Å². The molecule has 0 unspecified atom stereocenters. The molecular formula is C20H20N4O2. The van der Waals surface area contributed by atoms with Crippen LogP contribution in [0.1, 0.15) is 21.6 Å². The highest BCUT2D eigenvalue weighted by Crippen LogP contribution is 2.25. The molecule has 6 nitrogen and oxygen atoms in total. The summed E-state index contributed by atoms with van der Waals surface area (Å²) in [5.74, 6) is 0.930. The number of methoxy groups -OCH3 is 1. The molecule has 0 bridgehead atoms. The van der Waals surface area contributed by atoms with E-state index in [1.54, 1.807) is 7.11 Å². The zero-order chi connectivity index (χ0) is 18.5. The Bertz CT molecular complexity index is 923. The molecule has 0 fully saturated rings. The van der Waals surface area contributed by atoms with Gasteiger partial charge in [0, 0.05) is 5.69 Å². The summed E-state index contributed by atoms with van der Waals surface area (Å²) in [5.41, 5.74) is 3.86. The van der Waals surface area contributed by atoms with E-state index in [9.17, 15) is 4.79 Å². The van der Waals surface area contributed by atoms with Gasteiger partial charge in [-0.1, -0.05) is 24.3 Å². The quantitative estimate of drug-likeness (QED) is 0.726. The molecule has 2 aromatic carbocycles. The molecule has 0 aliphatic rings. The second-order valence-corrected chi connectivity index (χ2v) is 5.88. The Kier molecular flexibility index (Phi) is 5.12. The van der Waals surface area contributed by atoms with Crippen LogP contribution in [0, 0.1) is 13.8 Å². The molecule has 0 atom stereocenters. The van der Waals surface area contributed by atoms with E-state index in [1.807, 2.05) is 56.3 Å². The maximum absolute atomic E-state index is 12.4. The molecule has 2 N–H and O–H groups in total. The third-order valence-electron chi connectivity index (χ3n) is 3.90. The summed E-state index contributed by atoms with van der Waals surface area (Å²) in [5, 5.41) is 6.00. The van der Waals surface area contributed by atoms with Crippen LogP contribution in [0.3, 0.4) is 0 Å². The van der Waals surface area contributed by atoms with Gasteiger partial charge in [0.15, 0.2) is 0 Å². The summed E-state index contributed by atoms with van der Waals surface area (Å²) in [7, 11) is 1.60. The van der Waals surface area contributed by atoms with Crippen LogP contribution in [0.4, 0.5) is 17.2 Å². The molecule has 0 saturated heterocycles. The fourth-order valence-corrected chi connectivity index (χ4v) is 2.45. The molecule has 26 heavy (non-hydrogen) atoms. The summed E-state index contributed by atoms with van der Waals surface area (Å²) < 4.78 is 5.29. The van der Waals surface area contributed by atoms with E-state index >= 15 is 0 Å². The van der Waals surface area contributed by atoms with Gasteiger partial charge in [0.1, 0.15) is 17.3 Å². The van der Waals surface area contributed by atoms with Crippen molar-refractivity contribution in [3.63, 3.8) is 0 Å². The molecule has 1 amide bonds. The predicted octanol–water partition coefficient (Wildman–Crippen LogP) is 4.10. The number of hydrogen-bond acceptors (Lipinski definition) is 5. The molecule has 1 aromatic heterocycles. The van der Waals surface area contributed by atoms with Gasteiger partial charge in [-0.3, -0.25) is 4.79 Å². The largest absolute Gasteiger partial charge is 0.495 e. The van der Waals surface area contributed by atoms with Gasteiger partial charge in [-0.2, -0.15) is 0 Å². The lowest BCUT2D eigenvalue weighted by Crippen LogP contribution is -2.15. The van der Waals surface area contributed by atoms with Crippen molar-refractivity contribution in [2.24, 2.45) is 0 Å². The third kappa shape index (κ3) is 3.97. The van der Waals surface area contributed by atoms with Gasteiger partial charge in [-0.15, -0.1) is 0 Å². The van der Waals surface area contributed by atoms with Crippen molar-refractivity contribution < 1.29 is 9.53 Å². The molecule has 1 heterocycles. The Morgan fingerprint density at radius 2 is 1.81 bits per heavy atom. The van der Waals surface area contributed by atoms with Gasteiger partial charge < -0.3 is 15.4 Å². The SMILES string of the molecule is COc1ccccc1Nc1cnc(C(=O)Nc2cc(C)ccc2C)cn1. The van der Waals surface area contributed by atoms with E-state index in [2.05, 4.69) is 20.6 Å². The number of para-hydroxylation sites is 2. The summed E-state index contributed by atoms with van der Waals surface area (Å²) in [6.45, 7) is 3.92. The van der Waals surface area contributed by atoms with Crippen molar-refractivity contribution >= 4 is 23.1 Å². The molecule has 0 aliphatic heterocycles. The van der Waals surface area contributed by atoms with Crippen LogP contribution in [0.15, 0.2) is 54.9 Å². The molecular weight excluding hydrogens is 328 g/mol. The zero-order valence-corrected chi connectivity index (χ0v) is 14.9. The average molecular weight is 348 g/mol. The molecule has 0 saturated carbocycles. The first kappa shape index (κ1) is 17.4. The maximum Gasteiger partial charge on any atom is 0.275 e. The van der Waals surface area contributed by atoms with Crippen LogP contribution in [0.25, 0.3) is 0 Å². The van der Waals surface area contributed by atoms with Crippen LogP contribution in [-0.2, 0) is 0 Å². The van der Waals surface area contributed by atoms with Gasteiger partial charge in [0.05, 0.1) is 25.2 Å². The fraction of sp³-hybridized carbons (Fsp3) is 0.150. The topological polar surface area (TPSA) is 76.1 Å². The first-order chi connectivity index (χ1) is 12.6. The normalized spacial score (nSPS) is 10.3. The summed E-state index contributed by atoms with van der Waals surface area (Å²) in [6, 6.07) is 13.4. The van der Waals surface area contributed by atoms with Crippen LogP contribution >= 0.6 is 0 Å². The highest BCUT2D eigenvalue weighted by atomic mass is 16.5. The number of aryl methyl sites for hydroxylation is 2. The number of carbonyl (C=O) groups is 1. The molecule has 3 rings (SSSR count). The Balaban J connectivity index is 1.73. The van der Waals surface area contributed by atoms with E-state index in [1.165, 1.54) is 12.4 Å². The minimum absolute atomic E-state index is 0.247. The summed E-state index contributed by atoms with van der Waals surface area (Å²) >= 11 is 0. The Labute approximate surface area is 152 Å². The van der Waals surface area contributed by atoms with Crippen LogP contribution in [0.2, 0.25) is 0 Å². The van der Waals surface area contributed by atoms with E-state index in [4.69, 9.17) is 4.74 Å². The summed E-state index contributed by atoms with van der Waals surface area (Å²) in [4.78, 5) is 20.9. The zero-order valence-electron chi connectivity index (χ0n) is 14.9. The van der Waals surface area contributed by atoms with Crippen molar-refractivity contribution in [3.05, 3.63) is 71.7 Å². The smallest absolute Gasteiger partial charge is 0.275 e. The highest BCUT2D eigenvalue weighted by Gasteiger charge is 2.11. The fourth-order valence-electron chi connectivity index (χ4n) is 2.45. The van der Waals surface area contributed by atoms with Crippen LogP contribution in [0.5, 0.6) is 5.75 Å². The number of benzene rings is 2. The standard InChI is InChI=1S/C20H20N4O2/c1-13-8-9-14(2)16(10-13)24-20(25)17-11-22-19(12-21-17)23-15-6-4-5-7-18(15)26-3/h4-12H,1-3H3,(H,22,23)(H,24,25). The van der Waals surface area contributed by atoms with E-state index < -0.39 is 0 Å². The molecule has 0 aliphatic carbocycles. The maximum atomic E-state index is 12.4. The number of carbonyl (C=O) groups excluding carboxylic acids is 1. The molecule has 0 radical (unpaired) electrons. The molecule has 0 spiro atoms. The third-order valence-corrected chi connectivity index (χ3v) is 3.90. The van der Waals surface area contributed by atoms with Gasteiger partial charge in [-0.25, -0.2) is 9.97 Å². The minimum Gasteiger partial charge on any atom is -0.495 e. The number of amides is 1. The van der Waals surface area contributed by atoms with Gasteiger partial charge >= 0.3 is 0 Å². The number of rotatable bonds is 5. The van der Waals surface area contributed by atoms with Crippen LogP contribution < -0.4 is 15.4 Å². The Hall–Kier alpha value is -3.41. The first-order valence-corrected chi connectivity index (χ1v) is 8.17. The number of nitrogens with one attached hydrogen (secondary N) is 2. The molecule has 132 valence electrons. The second-order valence-electron chi connectivity index (χ2n) is 5.88. The molecule has 3 aromatic rings. The van der Waals surface area contributed by atoms with E-state index in [0.717, 1.165) is 22.5 Å². The lowest BCUT2D eigenvalue weighted by atomic mass is 10.1. The van der Waals surface area contributed by atoms with Crippen molar-refractivity contribution in [3.8, 4) is 5.75 Å². The lowest BCUT2D eigenvalue weighted by Gasteiger charge is -2.11. The van der Waals surface area contributed by atoms with E-state index in [-0.39, 0.29) is 11.6 Å². The van der Waals surface area contributed by atoms with Gasteiger partial charge in [0.25, 0.3) is 5.91 Å². The average Bonchev–Trinajstić information content (AvgIpc) is 2.65. The van der Waals surface area contributed by atoms with Crippen molar-refractivity contribution in [2.75, 3.05) is 17.7 Å². The van der Waals surface area contributed by atoms with Gasteiger partial charge in [-0.05, 0) is 43.2 Å². The first-order valence-electron chi connectivity index (χ1n) is 8.17. The minimum atomic E-state index is -0.296. The van der Waals surface area contributed by atoms with E-state index in [0.29, 0.717) is 11.6 Å². The monoisotopic (exact) mass is 348 g/mol. The molecule has 6 heteroatoms. The Morgan fingerprint density at radius 1 is 1.00 bits per heavy atom. The number of nitrogens with zero attached hydrogens (tertiary/aromatic N) is 2. The second kappa shape index (κ2) is 7.65.